The molecule has 5 aliphatic rings. The molecule has 0 spiro atoms. The monoisotopic (exact) mass is 443 g/mol. The van der Waals surface area contributed by atoms with E-state index in [0.29, 0.717) is 5.92 Å². The molecule has 0 aliphatic heterocycles. The van der Waals surface area contributed by atoms with E-state index in [0.717, 1.165) is 25.2 Å². The minimum absolute atomic E-state index is 0.642. The average Bonchev–Trinajstić information content (AvgIpc) is 3.22. The zero-order valence-electron chi connectivity index (χ0n) is 20.2. The van der Waals surface area contributed by atoms with Crippen LogP contribution in [0.1, 0.15) is 63.1 Å². The summed E-state index contributed by atoms with van der Waals surface area (Å²) in [5.74, 6) is 1.37. The molecule has 2 atom stereocenters. The summed E-state index contributed by atoms with van der Waals surface area (Å²) in [4.78, 5) is 0. The van der Waals surface area contributed by atoms with Crippen LogP contribution in [0.4, 0.5) is 0 Å². The summed E-state index contributed by atoms with van der Waals surface area (Å²) in [5, 5.41) is 1.44. The summed E-state index contributed by atoms with van der Waals surface area (Å²) in [6.07, 6.45) is 29.1. The zero-order chi connectivity index (χ0) is 22.6. The van der Waals surface area contributed by atoms with E-state index >= 15 is 0 Å². The Bertz CT molecular complexity index is 1410. The van der Waals surface area contributed by atoms with Gasteiger partial charge in [-0.05, 0) is 116 Å². The summed E-state index contributed by atoms with van der Waals surface area (Å²) in [6.45, 7) is 2.28. The maximum atomic E-state index is 2.56. The molecule has 0 bridgehead atoms. The molecule has 170 valence electrons. The molecular weight excluding hydrogens is 410 g/mol. The summed E-state index contributed by atoms with van der Waals surface area (Å²) in [5.41, 5.74) is 13.6. The smallest absolute Gasteiger partial charge is 0.0534 e. The molecule has 0 N–H and O–H groups in total. The van der Waals surface area contributed by atoms with Gasteiger partial charge in [-0.2, -0.15) is 0 Å². The molecule has 7 rings (SSSR count). The van der Waals surface area contributed by atoms with Crippen molar-refractivity contribution in [2.75, 3.05) is 0 Å². The minimum Gasteiger partial charge on any atom is -0.313 e. The van der Waals surface area contributed by atoms with Crippen LogP contribution in [-0.2, 0) is 6.42 Å². The first kappa shape index (κ1) is 20.3. The van der Waals surface area contributed by atoms with Crippen LogP contribution >= 0.6 is 0 Å². The third-order valence-corrected chi connectivity index (χ3v) is 8.77. The Morgan fingerprint density at radius 2 is 1.62 bits per heavy atom. The fraction of sp³-hybridized carbons (Fsp3) is 0.333. The van der Waals surface area contributed by atoms with Crippen LogP contribution in [0, 0.1) is 11.8 Å². The van der Waals surface area contributed by atoms with Crippen molar-refractivity contribution in [3.8, 4) is 0 Å². The van der Waals surface area contributed by atoms with E-state index in [1.807, 2.05) is 0 Å². The second-order valence-corrected chi connectivity index (χ2v) is 10.9. The molecule has 0 saturated heterocycles. The van der Waals surface area contributed by atoms with Crippen molar-refractivity contribution in [1.29, 1.82) is 0 Å². The van der Waals surface area contributed by atoms with E-state index in [-0.39, 0.29) is 0 Å². The molecule has 1 aromatic carbocycles. The Balaban J connectivity index is 1.23. The number of benzene rings is 1. The molecule has 34 heavy (non-hydrogen) atoms. The van der Waals surface area contributed by atoms with Gasteiger partial charge in [0.15, 0.2) is 0 Å². The number of fused-ring (bicyclic) bond motifs is 5. The Labute approximate surface area is 203 Å². The van der Waals surface area contributed by atoms with Crippen LogP contribution in [0.15, 0.2) is 94.7 Å². The van der Waals surface area contributed by atoms with Crippen LogP contribution in [0.25, 0.3) is 22.7 Å². The van der Waals surface area contributed by atoms with Crippen LogP contribution in [-0.4, -0.2) is 4.57 Å². The van der Waals surface area contributed by atoms with Crippen molar-refractivity contribution in [2.45, 2.75) is 58.3 Å². The molecule has 0 fully saturated rings. The maximum Gasteiger partial charge on any atom is 0.0534 e. The van der Waals surface area contributed by atoms with E-state index in [1.165, 1.54) is 60.0 Å². The second kappa shape index (κ2) is 8.01. The Kier molecular flexibility index (Phi) is 4.79. The first-order valence-electron chi connectivity index (χ1n) is 13.2. The molecule has 1 heterocycles. The Hall–Kier alpha value is -3.06. The number of aromatic nitrogens is 1. The fourth-order valence-electron chi connectivity index (χ4n) is 6.94. The molecule has 1 aromatic heterocycles. The lowest BCUT2D eigenvalue weighted by atomic mass is 9.73. The number of hydrogen-bond donors (Lipinski definition) is 0. The zero-order valence-corrected chi connectivity index (χ0v) is 20.2. The van der Waals surface area contributed by atoms with E-state index < -0.39 is 0 Å². The summed E-state index contributed by atoms with van der Waals surface area (Å²) in [6, 6.07) is 9.00. The molecule has 2 unspecified atom stereocenters. The van der Waals surface area contributed by atoms with Crippen LogP contribution in [0.2, 0.25) is 0 Å². The summed E-state index contributed by atoms with van der Waals surface area (Å²) < 4.78 is 2.56. The third-order valence-electron chi connectivity index (χ3n) is 8.77. The van der Waals surface area contributed by atoms with Gasteiger partial charge in [0, 0.05) is 16.8 Å². The molecule has 1 nitrogen and oxygen atoms in total. The number of aryl methyl sites for hydroxylation is 1. The molecule has 0 radical (unpaired) electrons. The lowest BCUT2D eigenvalue weighted by molar-refractivity contribution is 0.525. The molecular formula is C33H33N. The number of allylic oxidation sites excluding steroid dienone is 13. The van der Waals surface area contributed by atoms with Gasteiger partial charge in [0.25, 0.3) is 0 Å². The van der Waals surface area contributed by atoms with Gasteiger partial charge in [0.2, 0.25) is 0 Å². The second-order valence-electron chi connectivity index (χ2n) is 10.9. The predicted molar refractivity (Wildman–Crippen MR) is 144 cm³/mol. The predicted octanol–water partition coefficient (Wildman–Crippen LogP) is 8.72. The van der Waals surface area contributed by atoms with E-state index in [9.17, 15) is 0 Å². The maximum absolute atomic E-state index is 2.56. The largest absolute Gasteiger partial charge is 0.313 e. The molecule has 0 saturated carbocycles. The SMILES string of the molecule is CC1=CC2=CC=C(C3=CC4=CC=C(n5c6c(c7ccccc75)CCC=C6)CC4CC3)CC2CC1. The highest BCUT2D eigenvalue weighted by Crippen LogP contribution is 2.44. The topological polar surface area (TPSA) is 4.93 Å². The van der Waals surface area contributed by atoms with Gasteiger partial charge in [-0.1, -0.05) is 60.2 Å². The third kappa shape index (κ3) is 3.28. The highest BCUT2D eigenvalue weighted by Gasteiger charge is 2.29. The van der Waals surface area contributed by atoms with E-state index in [2.05, 4.69) is 84.4 Å². The van der Waals surface area contributed by atoms with Crippen LogP contribution in [0.3, 0.4) is 0 Å². The summed E-state index contributed by atoms with van der Waals surface area (Å²) in [7, 11) is 0. The van der Waals surface area contributed by atoms with Crippen molar-refractivity contribution in [3.63, 3.8) is 0 Å². The molecule has 2 aromatic rings. The van der Waals surface area contributed by atoms with Crippen molar-refractivity contribution in [2.24, 2.45) is 11.8 Å². The van der Waals surface area contributed by atoms with Gasteiger partial charge in [-0.15, -0.1) is 0 Å². The Morgan fingerprint density at radius 1 is 0.794 bits per heavy atom. The van der Waals surface area contributed by atoms with Gasteiger partial charge in [0.1, 0.15) is 0 Å². The number of para-hydroxylation sites is 1. The average molecular weight is 444 g/mol. The molecule has 1 heteroatoms. The lowest BCUT2D eigenvalue weighted by Crippen LogP contribution is -2.18. The fourth-order valence-corrected chi connectivity index (χ4v) is 6.94. The van der Waals surface area contributed by atoms with Gasteiger partial charge < -0.3 is 4.57 Å². The van der Waals surface area contributed by atoms with Gasteiger partial charge in [0.05, 0.1) is 5.52 Å². The van der Waals surface area contributed by atoms with Crippen molar-refractivity contribution in [3.05, 3.63) is 106 Å². The molecule has 0 amide bonds. The first-order chi connectivity index (χ1) is 16.7. The highest BCUT2D eigenvalue weighted by atomic mass is 15.0. The Morgan fingerprint density at radius 3 is 2.59 bits per heavy atom. The first-order valence-corrected chi connectivity index (χ1v) is 13.2. The van der Waals surface area contributed by atoms with Gasteiger partial charge in [-0.3, -0.25) is 0 Å². The number of hydrogen-bond acceptors (Lipinski definition) is 0. The molecule has 5 aliphatic carbocycles. The van der Waals surface area contributed by atoms with Crippen molar-refractivity contribution >= 4 is 22.7 Å². The van der Waals surface area contributed by atoms with Crippen molar-refractivity contribution < 1.29 is 0 Å². The minimum atomic E-state index is 0.642. The lowest BCUT2D eigenvalue weighted by Gasteiger charge is -2.33. The quantitative estimate of drug-likeness (QED) is 0.437. The van der Waals surface area contributed by atoms with Crippen LogP contribution in [0.5, 0.6) is 0 Å². The normalized spacial score (nSPS) is 25.8. The van der Waals surface area contributed by atoms with E-state index in [4.69, 9.17) is 0 Å². The highest BCUT2D eigenvalue weighted by molar-refractivity contribution is 5.92. The van der Waals surface area contributed by atoms with Gasteiger partial charge >= 0.3 is 0 Å². The van der Waals surface area contributed by atoms with Gasteiger partial charge in [-0.25, -0.2) is 0 Å². The van der Waals surface area contributed by atoms with Crippen LogP contribution < -0.4 is 0 Å². The standard InChI is InChI=1S/C33H33N/c1-22-10-11-24-19-25(13-12-23(24)18-22)26-14-15-28-21-29(17-16-27(28)20-26)34-32-8-4-2-6-30(32)31-7-3-5-9-33(31)34/h2,4-6,8-9,12-13,16-18,20,24,28H,3,7,10-11,14-15,19,21H2,1H3. The van der Waals surface area contributed by atoms with E-state index in [1.54, 1.807) is 27.9 Å². The number of rotatable bonds is 2. The number of nitrogens with zero attached hydrogens (tertiary/aromatic N) is 1. The summed E-state index contributed by atoms with van der Waals surface area (Å²) >= 11 is 0. The van der Waals surface area contributed by atoms with Crippen molar-refractivity contribution in [1.82, 2.24) is 4.57 Å².